The van der Waals surface area contributed by atoms with Crippen molar-refractivity contribution in [3.05, 3.63) is 53.8 Å². The molecule has 0 saturated heterocycles. The molecule has 148 valence electrons. The highest BCUT2D eigenvalue weighted by molar-refractivity contribution is 5.80. The van der Waals surface area contributed by atoms with Gasteiger partial charge in [0, 0.05) is 6.54 Å². The Balaban J connectivity index is 1.77. The SMILES string of the molecule is C#CCOc1ccc(CCNC(=O)C(O)COc2ccc(F)cc2)cc1OC. The van der Waals surface area contributed by atoms with Crippen LogP contribution in [0.5, 0.6) is 17.2 Å². The summed E-state index contributed by atoms with van der Waals surface area (Å²) in [6.45, 7) is 0.232. The fraction of sp³-hybridized carbons (Fsp3) is 0.286. The number of rotatable bonds is 10. The third kappa shape index (κ3) is 6.49. The second-order valence-electron chi connectivity index (χ2n) is 5.80. The molecule has 0 heterocycles. The van der Waals surface area contributed by atoms with Crippen LogP contribution in [0.4, 0.5) is 4.39 Å². The van der Waals surface area contributed by atoms with E-state index in [9.17, 15) is 14.3 Å². The molecule has 1 unspecified atom stereocenters. The van der Waals surface area contributed by atoms with Crippen molar-refractivity contribution in [1.29, 1.82) is 0 Å². The maximum atomic E-state index is 12.8. The molecule has 28 heavy (non-hydrogen) atoms. The van der Waals surface area contributed by atoms with Crippen LogP contribution in [-0.4, -0.2) is 44.0 Å². The van der Waals surface area contributed by atoms with Gasteiger partial charge in [-0.3, -0.25) is 4.79 Å². The minimum Gasteiger partial charge on any atom is -0.493 e. The number of aliphatic hydroxyl groups is 1. The van der Waals surface area contributed by atoms with Gasteiger partial charge in [0.25, 0.3) is 5.91 Å². The lowest BCUT2D eigenvalue weighted by Crippen LogP contribution is -2.39. The largest absolute Gasteiger partial charge is 0.493 e. The summed E-state index contributed by atoms with van der Waals surface area (Å²) in [6, 6.07) is 10.7. The molecular weight excluding hydrogens is 365 g/mol. The molecule has 6 nitrogen and oxygen atoms in total. The molecule has 0 spiro atoms. The highest BCUT2D eigenvalue weighted by atomic mass is 19.1. The van der Waals surface area contributed by atoms with E-state index in [1.54, 1.807) is 12.1 Å². The first-order chi connectivity index (χ1) is 13.5. The summed E-state index contributed by atoms with van der Waals surface area (Å²) in [7, 11) is 1.53. The first-order valence-electron chi connectivity index (χ1n) is 8.60. The molecule has 2 aromatic carbocycles. The van der Waals surface area contributed by atoms with Crippen LogP contribution in [0.1, 0.15) is 5.56 Å². The molecule has 0 aliphatic carbocycles. The molecule has 0 aliphatic rings. The summed E-state index contributed by atoms with van der Waals surface area (Å²) in [4.78, 5) is 11.9. The van der Waals surface area contributed by atoms with E-state index in [0.717, 1.165) is 5.56 Å². The van der Waals surface area contributed by atoms with Gasteiger partial charge in [0.15, 0.2) is 17.6 Å². The van der Waals surface area contributed by atoms with Crippen molar-refractivity contribution >= 4 is 5.91 Å². The van der Waals surface area contributed by atoms with Crippen LogP contribution >= 0.6 is 0 Å². The first-order valence-corrected chi connectivity index (χ1v) is 8.60. The van der Waals surface area contributed by atoms with E-state index in [2.05, 4.69) is 11.2 Å². The molecule has 2 aromatic rings. The zero-order valence-corrected chi connectivity index (χ0v) is 15.5. The highest BCUT2D eigenvalue weighted by Crippen LogP contribution is 2.28. The lowest BCUT2D eigenvalue weighted by Gasteiger charge is -2.13. The van der Waals surface area contributed by atoms with Gasteiger partial charge in [0.1, 0.15) is 24.8 Å². The van der Waals surface area contributed by atoms with Crippen molar-refractivity contribution < 1.29 is 28.5 Å². The first kappa shape index (κ1) is 21.1. The normalized spacial score (nSPS) is 11.2. The molecular formula is C21H22FNO5. The summed E-state index contributed by atoms with van der Waals surface area (Å²) in [5.41, 5.74) is 0.919. The van der Waals surface area contributed by atoms with Crippen molar-refractivity contribution in [3.63, 3.8) is 0 Å². The van der Waals surface area contributed by atoms with Crippen molar-refractivity contribution in [2.45, 2.75) is 12.5 Å². The monoisotopic (exact) mass is 387 g/mol. The fourth-order valence-corrected chi connectivity index (χ4v) is 2.34. The predicted molar refractivity (Wildman–Crippen MR) is 102 cm³/mol. The zero-order chi connectivity index (χ0) is 20.4. The van der Waals surface area contributed by atoms with Crippen LogP contribution in [0.25, 0.3) is 0 Å². The van der Waals surface area contributed by atoms with E-state index in [1.807, 2.05) is 6.07 Å². The van der Waals surface area contributed by atoms with Gasteiger partial charge >= 0.3 is 0 Å². The Labute approximate surface area is 163 Å². The molecule has 1 amide bonds. The topological polar surface area (TPSA) is 77.0 Å². The second-order valence-corrected chi connectivity index (χ2v) is 5.80. The molecule has 0 radical (unpaired) electrons. The number of halogens is 1. The summed E-state index contributed by atoms with van der Waals surface area (Å²) in [6.07, 6.45) is 4.37. The maximum absolute atomic E-state index is 12.8. The van der Waals surface area contributed by atoms with Crippen molar-refractivity contribution in [3.8, 4) is 29.6 Å². The summed E-state index contributed by atoms with van der Waals surface area (Å²) < 4.78 is 28.7. The van der Waals surface area contributed by atoms with E-state index in [4.69, 9.17) is 20.6 Å². The van der Waals surface area contributed by atoms with Crippen LogP contribution in [-0.2, 0) is 11.2 Å². The second kappa shape index (κ2) is 10.8. The Bertz CT molecular complexity index is 817. The van der Waals surface area contributed by atoms with Gasteiger partial charge < -0.3 is 24.6 Å². The number of ether oxygens (including phenoxy) is 3. The minimum atomic E-state index is -1.33. The number of hydrogen-bond acceptors (Lipinski definition) is 5. The molecule has 0 bridgehead atoms. The van der Waals surface area contributed by atoms with Gasteiger partial charge in [-0.05, 0) is 48.4 Å². The Morgan fingerprint density at radius 2 is 1.96 bits per heavy atom. The lowest BCUT2D eigenvalue weighted by molar-refractivity contribution is -0.130. The molecule has 1 atom stereocenters. The molecule has 0 saturated carbocycles. The van der Waals surface area contributed by atoms with Crippen molar-refractivity contribution in [1.82, 2.24) is 5.32 Å². The standard InChI is InChI=1S/C21H22FNO5/c1-3-12-27-19-9-4-15(13-20(19)26-2)10-11-23-21(25)18(24)14-28-17-7-5-16(22)6-8-17/h1,4-9,13,18,24H,10-12,14H2,2H3,(H,23,25). The van der Waals surface area contributed by atoms with Crippen LogP contribution in [0.15, 0.2) is 42.5 Å². The summed E-state index contributed by atoms with van der Waals surface area (Å²) in [5, 5.41) is 12.5. The number of carbonyl (C=O) groups is 1. The molecule has 0 fully saturated rings. The average molecular weight is 387 g/mol. The number of terminal acetylenes is 1. The Hall–Kier alpha value is -3.24. The van der Waals surface area contributed by atoms with E-state index in [1.165, 1.54) is 31.4 Å². The van der Waals surface area contributed by atoms with Crippen LogP contribution in [0.3, 0.4) is 0 Å². The van der Waals surface area contributed by atoms with Crippen LogP contribution in [0, 0.1) is 18.2 Å². The Kier molecular flexibility index (Phi) is 8.12. The molecule has 2 N–H and O–H groups in total. The van der Waals surface area contributed by atoms with Crippen LogP contribution < -0.4 is 19.5 Å². The molecule has 0 aromatic heterocycles. The van der Waals surface area contributed by atoms with E-state index in [-0.39, 0.29) is 13.2 Å². The fourth-order valence-electron chi connectivity index (χ4n) is 2.34. The Morgan fingerprint density at radius 3 is 2.64 bits per heavy atom. The summed E-state index contributed by atoms with van der Waals surface area (Å²) in [5.74, 6) is 2.90. The van der Waals surface area contributed by atoms with E-state index in [0.29, 0.717) is 30.2 Å². The molecule has 7 heteroatoms. The molecule has 0 aliphatic heterocycles. The average Bonchev–Trinajstić information content (AvgIpc) is 2.71. The number of aliphatic hydroxyl groups excluding tert-OH is 1. The van der Waals surface area contributed by atoms with E-state index >= 15 is 0 Å². The number of benzene rings is 2. The summed E-state index contributed by atoms with van der Waals surface area (Å²) >= 11 is 0. The number of methoxy groups -OCH3 is 1. The maximum Gasteiger partial charge on any atom is 0.252 e. The number of carbonyl (C=O) groups excluding carboxylic acids is 1. The van der Waals surface area contributed by atoms with Gasteiger partial charge in [0.2, 0.25) is 0 Å². The van der Waals surface area contributed by atoms with E-state index < -0.39 is 17.8 Å². The van der Waals surface area contributed by atoms with Gasteiger partial charge in [0.05, 0.1) is 7.11 Å². The quantitative estimate of drug-likeness (QED) is 0.610. The number of hydrogen-bond donors (Lipinski definition) is 2. The Morgan fingerprint density at radius 1 is 1.21 bits per heavy atom. The smallest absolute Gasteiger partial charge is 0.252 e. The number of nitrogens with one attached hydrogen (secondary N) is 1. The third-order valence-electron chi connectivity index (χ3n) is 3.78. The zero-order valence-electron chi connectivity index (χ0n) is 15.5. The number of amides is 1. The third-order valence-corrected chi connectivity index (χ3v) is 3.78. The van der Waals surface area contributed by atoms with Gasteiger partial charge in [-0.2, -0.15) is 0 Å². The van der Waals surface area contributed by atoms with Gasteiger partial charge in [-0.15, -0.1) is 6.42 Å². The van der Waals surface area contributed by atoms with Crippen molar-refractivity contribution in [2.24, 2.45) is 0 Å². The predicted octanol–water partition coefficient (Wildman–Crippen LogP) is 1.94. The van der Waals surface area contributed by atoms with Gasteiger partial charge in [-0.25, -0.2) is 4.39 Å². The van der Waals surface area contributed by atoms with Crippen LogP contribution in [0.2, 0.25) is 0 Å². The van der Waals surface area contributed by atoms with Crippen molar-refractivity contribution in [2.75, 3.05) is 26.9 Å². The minimum absolute atomic E-state index is 0.143. The lowest BCUT2D eigenvalue weighted by atomic mass is 10.1. The van der Waals surface area contributed by atoms with Gasteiger partial charge in [-0.1, -0.05) is 12.0 Å². The molecule has 2 rings (SSSR count). The highest BCUT2D eigenvalue weighted by Gasteiger charge is 2.15.